The standard InChI is InChI=1S/C9H16F3NO4/c1-2-17-5-7(14)3-13(4-8(15)16)6-9(10,11)12/h7,14H,2-6H2,1H3,(H,15,16). The molecule has 0 aromatic heterocycles. The van der Waals surface area contributed by atoms with Crippen LogP contribution < -0.4 is 0 Å². The Bertz CT molecular complexity index is 235. The Morgan fingerprint density at radius 3 is 2.47 bits per heavy atom. The number of carboxylic acid groups (broad SMARTS) is 1. The molecule has 5 nitrogen and oxygen atoms in total. The van der Waals surface area contributed by atoms with Crippen LogP contribution in [-0.2, 0) is 9.53 Å². The van der Waals surface area contributed by atoms with Crippen LogP contribution in [0.25, 0.3) is 0 Å². The minimum Gasteiger partial charge on any atom is -0.480 e. The Kier molecular flexibility index (Phi) is 7.09. The Morgan fingerprint density at radius 1 is 1.47 bits per heavy atom. The molecule has 1 atom stereocenters. The number of rotatable bonds is 8. The van der Waals surface area contributed by atoms with E-state index in [9.17, 15) is 23.1 Å². The molecule has 0 radical (unpaired) electrons. The lowest BCUT2D eigenvalue weighted by Gasteiger charge is -2.24. The zero-order valence-corrected chi connectivity index (χ0v) is 9.40. The fourth-order valence-corrected chi connectivity index (χ4v) is 1.23. The molecule has 0 aromatic carbocycles. The third-order valence-electron chi connectivity index (χ3n) is 1.75. The molecule has 0 aliphatic carbocycles. The van der Waals surface area contributed by atoms with E-state index in [1.807, 2.05) is 0 Å². The Labute approximate surface area is 96.8 Å². The summed E-state index contributed by atoms with van der Waals surface area (Å²) in [6.07, 6.45) is -5.64. The van der Waals surface area contributed by atoms with Gasteiger partial charge in [-0.05, 0) is 6.92 Å². The first-order chi connectivity index (χ1) is 7.74. The van der Waals surface area contributed by atoms with Crippen molar-refractivity contribution >= 4 is 5.97 Å². The normalized spacial score (nSPS) is 14.0. The zero-order valence-electron chi connectivity index (χ0n) is 9.40. The number of hydrogen-bond acceptors (Lipinski definition) is 4. The fraction of sp³-hybridized carbons (Fsp3) is 0.889. The number of aliphatic hydroxyl groups excluding tert-OH is 1. The van der Waals surface area contributed by atoms with Gasteiger partial charge in [-0.25, -0.2) is 0 Å². The lowest BCUT2D eigenvalue weighted by molar-refractivity contribution is -0.156. The van der Waals surface area contributed by atoms with Gasteiger partial charge in [0.2, 0.25) is 0 Å². The average Bonchev–Trinajstić information content (AvgIpc) is 2.10. The van der Waals surface area contributed by atoms with E-state index in [1.54, 1.807) is 6.92 Å². The van der Waals surface area contributed by atoms with E-state index in [4.69, 9.17) is 9.84 Å². The Morgan fingerprint density at radius 2 is 2.06 bits per heavy atom. The largest absolute Gasteiger partial charge is 0.480 e. The maximum atomic E-state index is 12.1. The van der Waals surface area contributed by atoms with Gasteiger partial charge in [0.1, 0.15) is 0 Å². The van der Waals surface area contributed by atoms with Gasteiger partial charge >= 0.3 is 12.1 Å². The van der Waals surface area contributed by atoms with Crippen molar-refractivity contribution in [3.8, 4) is 0 Å². The summed E-state index contributed by atoms with van der Waals surface area (Å²) in [7, 11) is 0. The van der Waals surface area contributed by atoms with E-state index >= 15 is 0 Å². The SMILES string of the molecule is CCOCC(O)CN(CC(=O)O)CC(F)(F)F. The lowest BCUT2D eigenvalue weighted by atomic mass is 10.3. The van der Waals surface area contributed by atoms with Crippen LogP contribution in [0.5, 0.6) is 0 Å². The van der Waals surface area contributed by atoms with E-state index in [1.165, 1.54) is 0 Å². The predicted molar refractivity (Wildman–Crippen MR) is 52.6 cm³/mol. The van der Waals surface area contributed by atoms with Crippen molar-refractivity contribution in [2.75, 3.05) is 32.8 Å². The fourth-order valence-electron chi connectivity index (χ4n) is 1.23. The molecule has 2 N–H and O–H groups in total. The number of halogens is 3. The number of hydrogen-bond donors (Lipinski definition) is 2. The second-order valence-corrected chi connectivity index (χ2v) is 3.49. The molecule has 0 aliphatic rings. The van der Waals surface area contributed by atoms with Crippen LogP contribution in [0, 0.1) is 0 Å². The van der Waals surface area contributed by atoms with E-state index < -0.39 is 37.9 Å². The van der Waals surface area contributed by atoms with Gasteiger partial charge in [-0.3, -0.25) is 9.69 Å². The monoisotopic (exact) mass is 259 g/mol. The molecule has 0 bridgehead atoms. The molecule has 17 heavy (non-hydrogen) atoms. The number of alkyl halides is 3. The minimum absolute atomic E-state index is 0.121. The van der Waals surface area contributed by atoms with Gasteiger partial charge in [0.25, 0.3) is 0 Å². The summed E-state index contributed by atoms with van der Waals surface area (Å²) >= 11 is 0. The molecule has 0 aliphatic heterocycles. The summed E-state index contributed by atoms with van der Waals surface area (Å²) in [5, 5.41) is 17.8. The molecular formula is C9H16F3NO4. The minimum atomic E-state index is -4.50. The van der Waals surface area contributed by atoms with Crippen molar-refractivity contribution in [1.82, 2.24) is 4.90 Å². The first-order valence-electron chi connectivity index (χ1n) is 5.01. The van der Waals surface area contributed by atoms with Crippen LogP contribution >= 0.6 is 0 Å². The molecule has 0 amide bonds. The molecule has 102 valence electrons. The molecule has 8 heteroatoms. The number of ether oxygens (including phenoxy) is 1. The van der Waals surface area contributed by atoms with Crippen molar-refractivity contribution in [1.29, 1.82) is 0 Å². The average molecular weight is 259 g/mol. The lowest BCUT2D eigenvalue weighted by Crippen LogP contribution is -2.43. The first-order valence-corrected chi connectivity index (χ1v) is 5.01. The molecule has 0 saturated heterocycles. The van der Waals surface area contributed by atoms with Crippen molar-refractivity contribution in [3.63, 3.8) is 0 Å². The molecule has 1 unspecified atom stereocenters. The number of carbonyl (C=O) groups is 1. The van der Waals surface area contributed by atoms with Gasteiger partial charge < -0.3 is 14.9 Å². The van der Waals surface area contributed by atoms with Crippen LogP contribution in [0.15, 0.2) is 0 Å². The van der Waals surface area contributed by atoms with Crippen LogP contribution in [0.1, 0.15) is 6.92 Å². The third kappa shape index (κ3) is 10.0. The van der Waals surface area contributed by atoms with E-state index in [0.29, 0.717) is 11.5 Å². The topological polar surface area (TPSA) is 70.0 Å². The number of carboxylic acids is 1. The second kappa shape index (κ2) is 7.46. The highest BCUT2D eigenvalue weighted by molar-refractivity contribution is 5.69. The highest BCUT2D eigenvalue weighted by Crippen LogP contribution is 2.16. The van der Waals surface area contributed by atoms with Crippen LogP contribution in [0.4, 0.5) is 13.2 Å². The molecule has 0 fully saturated rings. The van der Waals surface area contributed by atoms with Crippen molar-refractivity contribution in [3.05, 3.63) is 0 Å². The van der Waals surface area contributed by atoms with Crippen LogP contribution in [-0.4, -0.2) is 66.2 Å². The van der Waals surface area contributed by atoms with Gasteiger partial charge in [0, 0.05) is 13.2 Å². The molecule has 0 spiro atoms. The summed E-state index contributed by atoms with van der Waals surface area (Å²) in [5.74, 6) is -1.38. The van der Waals surface area contributed by atoms with E-state index in [2.05, 4.69) is 0 Å². The summed E-state index contributed by atoms with van der Waals surface area (Å²) in [4.78, 5) is 11.0. The van der Waals surface area contributed by atoms with Crippen molar-refractivity contribution in [2.24, 2.45) is 0 Å². The number of aliphatic hydroxyl groups is 1. The number of aliphatic carboxylic acids is 1. The smallest absolute Gasteiger partial charge is 0.401 e. The predicted octanol–water partition coefficient (Wildman–Crippen LogP) is 0.333. The van der Waals surface area contributed by atoms with E-state index in [-0.39, 0.29) is 6.61 Å². The quantitative estimate of drug-likeness (QED) is 0.657. The van der Waals surface area contributed by atoms with E-state index in [0.717, 1.165) is 0 Å². The highest BCUT2D eigenvalue weighted by atomic mass is 19.4. The summed E-state index contributed by atoms with van der Waals surface area (Å²) in [6.45, 7) is -0.659. The van der Waals surface area contributed by atoms with Gasteiger partial charge in [0.05, 0.1) is 25.8 Å². The Balaban J connectivity index is 4.22. The van der Waals surface area contributed by atoms with Gasteiger partial charge in [-0.1, -0.05) is 0 Å². The van der Waals surface area contributed by atoms with Gasteiger partial charge in [-0.15, -0.1) is 0 Å². The molecule has 0 heterocycles. The first kappa shape index (κ1) is 16.1. The maximum absolute atomic E-state index is 12.1. The van der Waals surface area contributed by atoms with Crippen molar-refractivity contribution in [2.45, 2.75) is 19.2 Å². The summed E-state index contributed by atoms with van der Waals surface area (Å²) < 4.78 is 41.2. The second-order valence-electron chi connectivity index (χ2n) is 3.49. The molecular weight excluding hydrogens is 243 g/mol. The van der Waals surface area contributed by atoms with Gasteiger partial charge in [-0.2, -0.15) is 13.2 Å². The molecule has 0 saturated carbocycles. The van der Waals surface area contributed by atoms with Gasteiger partial charge in [0.15, 0.2) is 0 Å². The molecule has 0 rings (SSSR count). The Hall–Kier alpha value is -0.860. The maximum Gasteiger partial charge on any atom is 0.401 e. The van der Waals surface area contributed by atoms with Crippen molar-refractivity contribution < 1.29 is 32.9 Å². The summed E-state index contributed by atoms with van der Waals surface area (Å²) in [5.41, 5.74) is 0. The summed E-state index contributed by atoms with van der Waals surface area (Å²) in [6, 6.07) is 0. The zero-order chi connectivity index (χ0) is 13.5. The van der Waals surface area contributed by atoms with Crippen LogP contribution in [0.2, 0.25) is 0 Å². The third-order valence-corrected chi connectivity index (χ3v) is 1.75. The highest BCUT2D eigenvalue weighted by Gasteiger charge is 2.32. The van der Waals surface area contributed by atoms with Crippen LogP contribution in [0.3, 0.4) is 0 Å². The molecule has 0 aromatic rings. The number of nitrogens with zero attached hydrogens (tertiary/aromatic N) is 1.